The summed E-state index contributed by atoms with van der Waals surface area (Å²) in [5, 5.41) is 12.9. The van der Waals surface area contributed by atoms with Crippen LogP contribution in [0.1, 0.15) is 57.2 Å². The number of amides is 2. The van der Waals surface area contributed by atoms with Crippen LogP contribution in [-0.4, -0.2) is 39.0 Å². The molecule has 0 atom stereocenters. The smallest absolute Gasteiger partial charge is 0.274 e. The fraction of sp³-hybridized carbons (Fsp3) is 0.611. The first-order valence-electron chi connectivity index (χ1n) is 8.54. The maximum Gasteiger partial charge on any atom is 0.274 e. The SMILES string of the molecule is CC(C)N1CCn2c(CNC(=O)CC(C)(C)C)cc(=O)c(O)c2C1=O. The Morgan fingerprint density at radius 3 is 2.48 bits per heavy atom. The van der Waals surface area contributed by atoms with Crippen molar-refractivity contribution >= 4 is 11.8 Å². The lowest BCUT2D eigenvalue weighted by Gasteiger charge is -2.34. The monoisotopic (exact) mass is 349 g/mol. The van der Waals surface area contributed by atoms with E-state index in [9.17, 15) is 19.5 Å². The fourth-order valence-corrected chi connectivity index (χ4v) is 2.98. The molecule has 25 heavy (non-hydrogen) atoms. The van der Waals surface area contributed by atoms with E-state index in [0.717, 1.165) is 0 Å². The molecular formula is C18H27N3O4. The van der Waals surface area contributed by atoms with Crippen molar-refractivity contribution < 1.29 is 14.7 Å². The Morgan fingerprint density at radius 2 is 1.92 bits per heavy atom. The van der Waals surface area contributed by atoms with E-state index in [1.165, 1.54) is 6.07 Å². The minimum Gasteiger partial charge on any atom is -0.503 e. The van der Waals surface area contributed by atoms with E-state index in [2.05, 4.69) is 5.32 Å². The molecule has 138 valence electrons. The zero-order chi connectivity index (χ0) is 18.9. The van der Waals surface area contributed by atoms with Gasteiger partial charge in [0, 0.05) is 37.3 Å². The second-order valence-corrected chi connectivity index (χ2v) is 7.96. The zero-order valence-electron chi connectivity index (χ0n) is 15.5. The molecular weight excluding hydrogens is 322 g/mol. The third-order valence-electron chi connectivity index (χ3n) is 4.18. The van der Waals surface area contributed by atoms with Crippen molar-refractivity contribution in [1.29, 1.82) is 0 Å². The van der Waals surface area contributed by atoms with E-state index < -0.39 is 11.2 Å². The first-order valence-corrected chi connectivity index (χ1v) is 8.54. The Balaban J connectivity index is 2.30. The lowest BCUT2D eigenvalue weighted by molar-refractivity contribution is -0.123. The molecule has 0 aliphatic carbocycles. The van der Waals surface area contributed by atoms with Crippen molar-refractivity contribution in [2.75, 3.05) is 6.54 Å². The molecule has 0 spiro atoms. The van der Waals surface area contributed by atoms with Crippen LogP contribution >= 0.6 is 0 Å². The van der Waals surface area contributed by atoms with E-state index in [1.807, 2.05) is 34.6 Å². The Labute approximate surface area is 147 Å². The fourth-order valence-electron chi connectivity index (χ4n) is 2.98. The highest BCUT2D eigenvalue weighted by molar-refractivity contribution is 5.96. The summed E-state index contributed by atoms with van der Waals surface area (Å²) in [5.41, 5.74) is -0.210. The molecule has 0 bridgehead atoms. The average molecular weight is 349 g/mol. The largest absolute Gasteiger partial charge is 0.503 e. The summed E-state index contributed by atoms with van der Waals surface area (Å²) in [5.74, 6) is -1.01. The van der Waals surface area contributed by atoms with Crippen LogP contribution in [0, 0.1) is 5.41 Å². The van der Waals surface area contributed by atoms with Crippen LogP contribution < -0.4 is 10.7 Å². The lowest BCUT2D eigenvalue weighted by Crippen LogP contribution is -2.46. The molecule has 2 N–H and O–H groups in total. The van der Waals surface area contributed by atoms with Crippen LogP contribution in [0.3, 0.4) is 0 Å². The molecule has 0 fully saturated rings. The van der Waals surface area contributed by atoms with E-state index in [-0.39, 0.29) is 35.5 Å². The molecule has 1 aromatic rings. The number of fused-ring (bicyclic) bond motifs is 1. The Kier molecular flexibility index (Phi) is 5.25. The van der Waals surface area contributed by atoms with E-state index in [4.69, 9.17) is 0 Å². The Hall–Kier alpha value is -2.31. The molecule has 0 saturated heterocycles. The highest BCUT2D eigenvalue weighted by atomic mass is 16.3. The number of hydrogen-bond acceptors (Lipinski definition) is 4. The first-order chi connectivity index (χ1) is 11.5. The number of aromatic nitrogens is 1. The minimum absolute atomic E-state index is 0.00696. The van der Waals surface area contributed by atoms with Gasteiger partial charge >= 0.3 is 0 Å². The third-order valence-corrected chi connectivity index (χ3v) is 4.18. The summed E-state index contributed by atoms with van der Waals surface area (Å²) in [6.45, 7) is 10.8. The van der Waals surface area contributed by atoms with Crippen molar-refractivity contribution in [2.24, 2.45) is 5.41 Å². The average Bonchev–Trinajstić information content (AvgIpc) is 2.47. The molecule has 2 amide bonds. The van der Waals surface area contributed by atoms with Gasteiger partial charge in [0.15, 0.2) is 11.4 Å². The van der Waals surface area contributed by atoms with Gasteiger partial charge in [-0.15, -0.1) is 0 Å². The summed E-state index contributed by atoms with van der Waals surface area (Å²) in [6.07, 6.45) is 0.363. The number of aromatic hydroxyl groups is 1. The number of hydrogen-bond donors (Lipinski definition) is 2. The summed E-state index contributed by atoms with van der Waals surface area (Å²) in [4.78, 5) is 38.3. The third kappa shape index (κ3) is 4.21. The second kappa shape index (κ2) is 6.90. The highest BCUT2D eigenvalue weighted by Gasteiger charge is 2.31. The van der Waals surface area contributed by atoms with Crippen molar-refractivity contribution in [3.63, 3.8) is 0 Å². The molecule has 0 saturated carbocycles. The van der Waals surface area contributed by atoms with Crippen LogP contribution in [0.5, 0.6) is 5.75 Å². The van der Waals surface area contributed by atoms with Crippen molar-refractivity contribution in [2.45, 2.75) is 60.2 Å². The zero-order valence-corrected chi connectivity index (χ0v) is 15.5. The predicted octanol–water partition coefficient (Wildman–Crippen LogP) is 1.47. The molecule has 1 aromatic heterocycles. The van der Waals surface area contributed by atoms with Gasteiger partial charge in [0.1, 0.15) is 0 Å². The van der Waals surface area contributed by atoms with Gasteiger partial charge < -0.3 is 19.9 Å². The summed E-state index contributed by atoms with van der Waals surface area (Å²) >= 11 is 0. The van der Waals surface area contributed by atoms with Gasteiger partial charge in [0.25, 0.3) is 5.91 Å². The van der Waals surface area contributed by atoms with Crippen LogP contribution in [0.4, 0.5) is 0 Å². The topological polar surface area (TPSA) is 91.6 Å². The highest BCUT2D eigenvalue weighted by Crippen LogP contribution is 2.23. The molecule has 0 unspecified atom stereocenters. The number of pyridine rings is 1. The van der Waals surface area contributed by atoms with Gasteiger partial charge in [-0.25, -0.2) is 0 Å². The number of carbonyl (C=O) groups is 2. The first kappa shape index (κ1) is 19.0. The molecule has 0 radical (unpaired) electrons. The standard InChI is InChI=1S/C18H27N3O4/c1-11(2)20-6-7-21-12(10-19-14(23)9-18(3,4)5)8-13(22)16(24)15(21)17(20)25/h8,11,24H,6-7,9-10H2,1-5H3,(H,19,23). The maximum absolute atomic E-state index is 12.6. The summed E-state index contributed by atoms with van der Waals surface area (Å²) in [7, 11) is 0. The Morgan fingerprint density at radius 1 is 1.28 bits per heavy atom. The van der Waals surface area contributed by atoms with Crippen LogP contribution in [-0.2, 0) is 17.9 Å². The second-order valence-electron chi connectivity index (χ2n) is 7.96. The van der Waals surface area contributed by atoms with Crippen LogP contribution in [0.2, 0.25) is 0 Å². The molecule has 1 aliphatic rings. The quantitative estimate of drug-likeness (QED) is 0.861. The summed E-state index contributed by atoms with van der Waals surface area (Å²) < 4.78 is 1.63. The molecule has 7 heteroatoms. The number of rotatable bonds is 4. The van der Waals surface area contributed by atoms with Crippen molar-refractivity contribution in [3.8, 4) is 5.75 Å². The van der Waals surface area contributed by atoms with E-state index in [1.54, 1.807) is 9.47 Å². The van der Waals surface area contributed by atoms with Crippen LogP contribution in [0.25, 0.3) is 0 Å². The van der Waals surface area contributed by atoms with Gasteiger partial charge in [-0.05, 0) is 19.3 Å². The van der Waals surface area contributed by atoms with E-state index >= 15 is 0 Å². The van der Waals surface area contributed by atoms with Crippen molar-refractivity contribution in [1.82, 2.24) is 14.8 Å². The normalized spacial score (nSPS) is 14.6. The molecule has 7 nitrogen and oxygen atoms in total. The van der Waals surface area contributed by atoms with Gasteiger partial charge in [-0.3, -0.25) is 14.4 Å². The van der Waals surface area contributed by atoms with Gasteiger partial charge in [-0.1, -0.05) is 20.8 Å². The van der Waals surface area contributed by atoms with Crippen molar-refractivity contribution in [3.05, 3.63) is 27.7 Å². The van der Waals surface area contributed by atoms with E-state index in [0.29, 0.717) is 25.2 Å². The molecule has 1 aliphatic heterocycles. The minimum atomic E-state index is -0.606. The number of nitrogens with one attached hydrogen (secondary N) is 1. The maximum atomic E-state index is 12.6. The number of nitrogens with zero attached hydrogens (tertiary/aromatic N) is 2. The van der Waals surface area contributed by atoms with Gasteiger partial charge in [0.2, 0.25) is 11.3 Å². The number of carbonyl (C=O) groups excluding carboxylic acids is 2. The van der Waals surface area contributed by atoms with Gasteiger partial charge in [-0.2, -0.15) is 0 Å². The molecule has 0 aromatic carbocycles. The Bertz CT molecular complexity index is 744. The molecule has 2 rings (SSSR count). The molecule has 2 heterocycles. The predicted molar refractivity (Wildman–Crippen MR) is 94.5 cm³/mol. The lowest BCUT2D eigenvalue weighted by atomic mass is 9.92. The summed E-state index contributed by atoms with van der Waals surface area (Å²) in [6, 6.07) is 1.26. The van der Waals surface area contributed by atoms with Gasteiger partial charge in [0.05, 0.1) is 6.54 Å². The van der Waals surface area contributed by atoms with Crippen LogP contribution in [0.15, 0.2) is 10.9 Å².